The van der Waals surface area contributed by atoms with Gasteiger partial charge in [0.2, 0.25) is 5.91 Å². The van der Waals surface area contributed by atoms with E-state index >= 15 is 0 Å². The summed E-state index contributed by atoms with van der Waals surface area (Å²) in [6.07, 6.45) is 0.753. The predicted molar refractivity (Wildman–Crippen MR) is 107 cm³/mol. The molecule has 0 spiro atoms. The van der Waals surface area contributed by atoms with E-state index in [1.54, 1.807) is 7.11 Å². The molecule has 0 radical (unpaired) electrons. The summed E-state index contributed by atoms with van der Waals surface area (Å²) in [5.41, 5.74) is 1.04. The van der Waals surface area contributed by atoms with Crippen LogP contribution in [0.25, 0.3) is 0 Å². The monoisotopic (exact) mass is 405 g/mol. The molecular formula is C18H29Cl2N3O3. The van der Waals surface area contributed by atoms with Gasteiger partial charge in [0, 0.05) is 31.6 Å². The van der Waals surface area contributed by atoms with Gasteiger partial charge in [-0.15, -0.1) is 24.8 Å². The van der Waals surface area contributed by atoms with Crippen molar-refractivity contribution in [3.05, 3.63) is 29.8 Å². The van der Waals surface area contributed by atoms with E-state index in [-0.39, 0.29) is 42.7 Å². The zero-order valence-electron chi connectivity index (χ0n) is 15.1. The average Bonchev–Trinajstić information content (AvgIpc) is 3.12. The number of nitrogens with zero attached hydrogens (tertiary/aromatic N) is 1. The van der Waals surface area contributed by atoms with Crippen molar-refractivity contribution in [3.63, 3.8) is 0 Å². The number of methoxy groups -OCH3 is 1. The number of likely N-dealkylation sites (tertiary alicyclic amines) is 1. The van der Waals surface area contributed by atoms with Crippen LogP contribution in [0.3, 0.4) is 0 Å². The van der Waals surface area contributed by atoms with Crippen molar-refractivity contribution < 1.29 is 14.6 Å². The molecule has 3 rings (SSSR count). The third-order valence-electron chi connectivity index (χ3n) is 5.34. The molecule has 2 aliphatic heterocycles. The molecular weight excluding hydrogens is 377 g/mol. The second-order valence-corrected chi connectivity index (χ2v) is 6.93. The number of nitrogens with one attached hydrogen (secondary N) is 2. The smallest absolute Gasteiger partial charge is 0.234 e. The second-order valence-electron chi connectivity index (χ2n) is 6.93. The molecule has 26 heavy (non-hydrogen) atoms. The summed E-state index contributed by atoms with van der Waals surface area (Å²) in [5, 5.41) is 16.1. The Morgan fingerprint density at radius 2 is 2.19 bits per heavy atom. The molecule has 2 atom stereocenters. The lowest BCUT2D eigenvalue weighted by Crippen LogP contribution is -2.40. The van der Waals surface area contributed by atoms with E-state index in [0.29, 0.717) is 19.0 Å². The maximum absolute atomic E-state index is 12.2. The number of halogens is 2. The zero-order valence-corrected chi connectivity index (χ0v) is 16.7. The molecule has 2 fully saturated rings. The summed E-state index contributed by atoms with van der Waals surface area (Å²) in [7, 11) is 1.66. The van der Waals surface area contributed by atoms with Crippen LogP contribution < -0.4 is 15.4 Å². The first-order chi connectivity index (χ1) is 11.7. The van der Waals surface area contributed by atoms with Crippen molar-refractivity contribution in [2.75, 3.05) is 53.0 Å². The number of amides is 1. The SMILES string of the molecule is COc1ccccc1CCNC(=O)CN1CC2CNCC2(CO)C1.Cl.Cl. The maximum atomic E-state index is 12.2. The highest BCUT2D eigenvalue weighted by Gasteiger charge is 2.49. The number of carbonyl (C=O) groups excluding carboxylic acids is 1. The molecule has 0 bridgehead atoms. The number of fused-ring (bicyclic) bond motifs is 1. The molecule has 8 heteroatoms. The topological polar surface area (TPSA) is 73.8 Å². The van der Waals surface area contributed by atoms with Crippen LogP contribution >= 0.6 is 24.8 Å². The first kappa shape index (κ1) is 23.0. The van der Waals surface area contributed by atoms with E-state index in [9.17, 15) is 9.90 Å². The zero-order chi connectivity index (χ0) is 17.0. The molecule has 2 aliphatic rings. The quantitative estimate of drug-likeness (QED) is 0.622. The Labute approximate surface area is 167 Å². The molecule has 0 aliphatic carbocycles. The number of para-hydroxylation sites is 1. The number of rotatable bonds is 7. The summed E-state index contributed by atoms with van der Waals surface area (Å²) >= 11 is 0. The average molecular weight is 406 g/mol. The van der Waals surface area contributed by atoms with Crippen LogP contribution in [0.1, 0.15) is 5.56 Å². The highest BCUT2D eigenvalue weighted by molar-refractivity contribution is 5.85. The Morgan fingerprint density at radius 1 is 1.42 bits per heavy atom. The predicted octanol–water partition coefficient (Wildman–Crippen LogP) is 0.711. The van der Waals surface area contributed by atoms with Crippen LogP contribution in [-0.2, 0) is 11.2 Å². The van der Waals surface area contributed by atoms with Crippen LogP contribution in [0.2, 0.25) is 0 Å². The van der Waals surface area contributed by atoms with Gasteiger partial charge in [-0.1, -0.05) is 18.2 Å². The molecule has 2 heterocycles. The number of hydrogen-bond donors (Lipinski definition) is 3. The molecule has 1 amide bonds. The molecule has 0 saturated carbocycles. The van der Waals surface area contributed by atoms with Gasteiger partial charge in [0.15, 0.2) is 0 Å². The lowest BCUT2D eigenvalue weighted by molar-refractivity contribution is -0.122. The molecule has 0 aromatic heterocycles. The fourth-order valence-electron chi connectivity index (χ4n) is 3.98. The molecule has 3 N–H and O–H groups in total. The number of aliphatic hydroxyl groups is 1. The lowest BCUT2D eigenvalue weighted by Gasteiger charge is -2.25. The van der Waals surface area contributed by atoms with Gasteiger partial charge in [-0.2, -0.15) is 0 Å². The summed E-state index contributed by atoms with van der Waals surface area (Å²) in [6.45, 7) is 4.66. The summed E-state index contributed by atoms with van der Waals surface area (Å²) in [4.78, 5) is 14.4. The Kier molecular flexibility index (Phi) is 9.13. The van der Waals surface area contributed by atoms with Crippen molar-refractivity contribution in [2.24, 2.45) is 11.3 Å². The third kappa shape index (κ3) is 5.02. The molecule has 148 valence electrons. The maximum Gasteiger partial charge on any atom is 0.234 e. The number of benzene rings is 1. The molecule has 6 nitrogen and oxygen atoms in total. The van der Waals surface area contributed by atoms with Crippen LogP contribution in [0.15, 0.2) is 24.3 Å². The Balaban J connectivity index is 0.00000169. The van der Waals surface area contributed by atoms with Crippen molar-refractivity contribution in [1.29, 1.82) is 0 Å². The molecule has 1 aromatic rings. The van der Waals surface area contributed by atoms with Gasteiger partial charge in [-0.05, 0) is 30.5 Å². The lowest BCUT2D eigenvalue weighted by atomic mass is 9.82. The Hall–Kier alpha value is -1.05. The minimum absolute atomic E-state index is 0. The van der Waals surface area contributed by atoms with Crippen LogP contribution in [0, 0.1) is 11.3 Å². The van der Waals surface area contributed by atoms with E-state index < -0.39 is 0 Å². The Bertz CT molecular complexity index is 591. The fourth-order valence-corrected chi connectivity index (χ4v) is 3.98. The summed E-state index contributed by atoms with van der Waals surface area (Å²) in [6, 6.07) is 7.87. The molecule has 2 saturated heterocycles. The second kappa shape index (κ2) is 10.3. The standard InChI is InChI=1S/C18H27N3O3.2ClH/c1-24-16-5-3-2-4-14(16)6-7-20-17(23)10-21-9-15-8-19-11-18(15,12-21)13-22;;/h2-5,15,19,22H,6-13H2,1H3,(H,20,23);2*1H. The van der Waals surface area contributed by atoms with Gasteiger partial charge in [0.05, 0.1) is 20.3 Å². The Morgan fingerprint density at radius 3 is 2.88 bits per heavy atom. The van der Waals surface area contributed by atoms with Crippen LogP contribution in [0.5, 0.6) is 5.75 Å². The normalized spacial score (nSPS) is 24.3. The minimum Gasteiger partial charge on any atom is -0.496 e. The van der Waals surface area contributed by atoms with E-state index in [1.165, 1.54) is 0 Å². The minimum atomic E-state index is -0.0579. The number of aliphatic hydroxyl groups excluding tert-OH is 1. The molecule has 1 aromatic carbocycles. The third-order valence-corrected chi connectivity index (χ3v) is 5.34. The van der Waals surface area contributed by atoms with E-state index in [0.717, 1.165) is 43.9 Å². The van der Waals surface area contributed by atoms with E-state index in [1.807, 2.05) is 24.3 Å². The van der Waals surface area contributed by atoms with Gasteiger partial charge in [0.25, 0.3) is 0 Å². The van der Waals surface area contributed by atoms with Gasteiger partial charge in [-0.25, -0.2) is 0 Å². The number of hydrogen-bond acceptors (Lipinski definition) is 5. The number of ether oxygens (including phenoxy) is 1. The summed E-state index contributed by atoms with van der Waals surface area (Å²) in [5.74, 6) is 1.35. The van der Waals surface area contributed by atoms with E-state index in [2.05, 4.69) is 15.5 Å². The highest BCUT2D eigenvalue weighted by Crippen LogP contribution is 2.38. The van der Waals surface area contributed by atoms with Crippen molar-refractivity contribution in [2.45, 2.75) is 6.42 Å². The largest absolute Gasteiger partial charge is 0.496 e. The molecule has 2 unspecified atom stereocenters. The first-order valence-electron chi connectivity index (χ1n) is 8.59. The highest BCUT2D eigenvalue weighted by atomic mass is 35.5. The first-order valence-corrected chi connectivity index (χ1v) is 8.59. The van der Waals surface area contributed by atoms with Gasteiger partial charge < -0.3 is 20.5 Å². The van der Waals surface area contributed by atoms with Gasteiger partial charge in [0.1, 0.15) is 5.75 Å². The van der Waals surface area contributed by atoms with Gasteiger partial charge in [-0.3, -0.25) is 9.69 Å². The van der Waals surface area contributed by atoms with Crippen molar-refractivity contribution >= 4 is 30.7 Å². The fraction of sp³-hybridized carbons (Fsp3) is 0.611. The van der Waals surface area contributed by atoms with E-state index in [4.69, 9.17) is 4.74 Å². The van der Waals surface area contributed by atoms with Crippen molar-refractivity contribution in [3.8, 4) is 5.75 Å². The van der Waals surface area contributed by atoms with Crippen molar-refractivity contribution in [1.82, 2.24) is 15.5 Å². The van der Waals surface area contributed by atoms with Gasteiger partial charge >= 0.3 is 0 Å². The number of carbonyl (C=O) groups is 1. The summed E-state index contributed by atoms with van der Waals surface area (Å²) < 4.78 is 5.33. The van der Waals surface area contributed by atoms with Crippen LogP contribution in [-0.4, -0.2) is 68.9 Å². The van der Waals surface area contributed by atoms with Crippen LogP contribution in [0.4, 0.5) is 0 Å².